The molecular weight excluding hydrogens is 442 g/mol. The smallest absolute Gasteiger partial charge is 0.342 e. The van der Waals surface area contributed by atoms with Crippen LogP contribution in [0.5, 0.6) is 0 Å². The van der Waals surface area contributed by atoms with E-state index in [0.29, 0.717) is 30.5 Å². The summed E-state index contributed by atoms with van der Waals surface area (Å²) >= 11 is 0. The van der Waals surface area contributed by atoms with Crippen molar-refractivity contribution in [2.75, 3.05) is 0 Å². The summed E-state index contributed by atoms with van der Waals surface area (Å²) in [7, 11) is 1.28. The van der Waals surface area contributed by atoms with Gasteiger partial charge in [0.1, 0.15) is 5.69 Å². The molecule has 0 fully saturated rings. The minimum Gasteiger partial charge on any atom is -0.342 e. The van der Waals surface area contributed by atoms with Crippen molar-refractivity contribution >= 4 is 5.91 Å². The molecule has 1 N–H and O–H groups in total. The molecule has 0 saturated heterocycles. The second kappa shape index (κ2) is 7.64. The highest BCUT2D eigenvalue weighted by molar-refractivity contribution is 5.91. The molecule has 0 aliphatic heterocycles. The number of aromatic nitrogens is 5. The van der Waals surface area contributed by atoms with Crippen molar-refractivity contribution in [3.8, 4) is 5.69 Å². The molecule has 1 aliphatic carbocycles. The van der Waals surface area contributed by atoms with Crippen molar-refractivity contribution in [3.05, 3.63) is 59.2 Å². The van der Waals surface area contributed by atoms with Gasteiger partial charge in [0.2, 0.25) is 0 Å². The van der Waals surface area contributed by atoms with E-state index in [-0.39, 0.29) is 5.69 Å². The summed E-state index contributed by atoms with van der Waals surface area (Å²) in [4.78, 5) is 19.3. The number of imidazole rings is 1. The van der Waals surface area contributed by atoms with Crippen LogP contribution in [0, 0.1) is 0 Å². The molecule has 32 heavy (non-hydrogen) atoms. The minimum atomic E-state index is -4.69. The van der Waals surface area contributed by atoms with Crippen molar-refractivity contribution in [3.63, 3.8) is 0 Å². The summed E-state index contributed by atoms with van der Waals surface area (Å²) in [6, 6.07) is 1.65. The van der Waals surface area contributed by atoms with Crippen LogP contribution in [-0.4, -0.2) is 30.2 Å². The van der Waals surface area contributed by atoms with Gasteiger partial charge in [-0.25, -0.2) is 9.67 Å². The van der Waals surface area contributed by atoms with E-state index in [9.17, 15) is 31.1 Å². The Labute approximate surface area is 177 Å². The van der Waals surface area contributed by atoms with Gasteiger partial charge >= 0.3 is 12.4 Å². The molecule has 170 valence electrons. The molecule has 0 unspecified atom stereocenters. The number of nitrogens with zero attached hydrogens (tertiary/aromatic N) is 5. The molecule has 1 amide bonds. The highest BCUT2D eigenvalue weighted by Gasteiger charge is 2.36. The van der Waals surface area contributed by atoms with E-state index in [1.165, 1.54) is 24.0 Å². The number of nitrogens with one attached hydrogen (secondary N) is 1. The Bertz CT molecular complexity index is 1160. The molecule has 3 aromatic heterocycles. The number of aryl methyl sites for hydroxylation is 2. The van der Waals surface area contributed by atoms with E-state index in [2.05, 4.69) is 20.4 Å². The second-order valence-electron chi connectivity index (χ2n) is 7.35. The van der Waals surface area contributed by atoms with Gasteiger partial charge in [-0.15, -0.1) is 0 Å². The Kier molecular flexibility index (Phi) is 5.21. The predicted molar refractivity (Wildman–Crippen MR) is 97.7 cm³/mol. The monoisotopic (exact) mass is 458 g/mol. The number of amides is 1. The van der Waals surface area contributed by atoms with Gasteiger partial charge in [-0.1, -0.05) is 0 Å². The molecule has 1 aliphatic rings. The Balaban J connectivity index is 1.60. The van der Waals surface area contributed by atoms with Crippen LogP contribution in [0.4, 0.5) is 26.3 Å². The molecule has 0 bridgehead atoms. The first-order chi connectivity index (χ1) is 14.9. The SMILES string of the molecule is Cn1cc(C(F)(F)F)nc1C(=O)N[C@@H]1CCCc2nn(-c3ccnc(C(F)(F)F)c3)cc21. The predicted octanol–water partition coefficient (Wildman–Crippen LogP) is 3.85. The summed E-state index contributed by atoms with van der Waals surface area (Å²) in [5, 5.41) is 6.99. The Morgan fingerprint density at radius 1 is 1.12 bits per heavy atom. The lowest BCUT2D eigenvalue weighted by Crippen LogP contribution is -2.32. The van der Waals surface area contributed by atoms with Gasteiger partial charge in [-0.05, 0) is 31.4 Å². The molecule has 0 saturated carbocycles. The van der Waals surface area contributed by atoms with E-state index in [1.54, 1.807) is 0 Å². The molecule has 3 heterocycles. The average molecular weight is 458 g/mol. The fraction of sp³-hybridized carbons (Fsp3) is 0.368. The number of rotatable bonds is 3. The molecule has 13 heteroatoms. The van der Waals surface area contributed by atoms with E-state index in [0.717, 1.165) is 23.0 Å². The largest absolute Gasteiger partial charge is 0.434 e. The number of pyridine rings is 1. The fourth-order valence-electron chi connectivity index (χ4n) is 3.57. The Morgan fingerprint density at radius 2 is 1.84 bits per heavy atom. The molecule has 3 aromatic rings. The van der Waals surface area contributed by atoms with Gasteiger partial charge in [-0.2, -0.15) is 31.4 Å². The van der Waals surface area contributed by atoms with Crippen LogP contribution in [0.2, 0.25) is 0 Å². The van der Waals surface area contributed by atoms with Crippen molar-refractivity contribution < 1.29 is 31.1 Å². The molecule has 4 rings (SSSR count). The van der Waals surface area contributed by atoms with Gasteiger partial charge in [0.25, 0.3) is 5.91 Å². The summed E-state index contributed by atoms with van der Waals surface area (Å²) in [6.45, 7) is 0. The van der Waals surface area contributed by atoms with Gasteiger partial charge in [-0.3, -0.25) is 9.78 Å². The van der Waals surface area contributed by atoms with Crippen molar-refractivity contribution in [1.82, 2.24) is 29.6 Å². The summed E-state index contributed by atoms with van der Waals surface area (Å²) in [5.41, 5.74) is -0.933. The number of hydrogen-bond acceptors (Lipinski definition) is 4. The second-order valence-corrected chi connectivity index (χ2v) is 7.35. The highest BCUT2D eigenvalue weighted by Crippen LogP contribution is 2.32. The van der Waals surface area contributed by atoms with E-state index in [4.69, 9.17) is 0 Å². The number of carbonyl (C=O) groups is 1. The lowest BCUT2D eigenvalue weighted by molar-refractivity contribution is -0.141. The van der Waals surface area contributed by atoms with E-state index < -0.39 is 41.5 Å². The number of carbonyl (C=O) groups excluding carboxylic acids is 1. The lowest BCUT2D eigenvalue weighted by atomic mass is 9.93. The number of alkyl halides is 6. The van der Waals surface area contributed by atoms with Gasteiger partial charge in [0.15, 0.2) is 11.5 Å². The third kappa shape index (κ3) is 4.18. The zero-order chi connectivity index (χ0) is 23.3. The first kappa shape index (κ1) is 21.8. The van der Waals surface area contributed by atoms with Crippen LogP contribution in [-0.2, 0) is 25.8 Å². The van der Waals surface area contributed by atoms with Gasteiger partial charge < -0.3 is 9.88 Å². The van der Waals surface area contributed by atoms with Crippen molar-refractivity contribution in [1.29, 1.82) is 0 Å². The zero-order valence-electron chi connectivity index (χ0n) is 16.5. The van der Waals surface area contributed by atoms with Crippen LogP contribution in [0.25, 0.3) is 5.69 Å². The fourth-order valence-corrected chi connectivity index (χ4v) is 3.57. The van der Waals surface area contributed by atoms with Crippen molar-refractivity contribution in [2.45, 2.75) is 37.7 Å². The lowest BCUT2D eigenvalue weighted by Gasteiger charge is -2.22. The maximum absolute atomic E-state index is 13.0. The van der Waals surface area contributed by atoms with Crippen molar-refractivity contribution in [2.24, 2.45) is 7.05 Å². The summed E-state index contributed by atoms with van der Waals surface area (Å²) < 4.78 is 79.8. The maximum atomic E-state index is 13.0. The van der Waals surface area contributed by atoms with Gasteiger partial charge in [0.05, 0.1) is 17.4 Å². The van der Waals surface area contributed by atoms with Crippen LogP contribution in [0.3, 0.4) is 0 Å². The Hall–Kier alpha value is -3.38. The normalized spacial score (nSPS) is 16.7. The van der Waals surface area contributed by atoms with Crippen LogP contribution in [0.15, 0.2) is 30.7 Å². The van der Waals surface area contributed by atoms with E-state index >= 15 is 0 Å². The number of fused-ring (bicyclic) bond motifs is 1. The molecular formula is C19H16F6N6O. The molecule has 0 spiro atoms. The third-order valence-corrected chi connectivity index (χ3v) is 5.08. The van der Waals surface area contributed by atoms with Crippen LogP contribution >= 0.6 is 0 Å². The molecule has 0 radical (unpaired) electrons. The number of halogens is 6. The standard InChI is InChI=1S/C19H16F6N6O/c1-30-9-15(19(23,24)25)28-16(30)17(32)27-12-3-2-4-13-11(12)8-31(29-13)10-5-6-26-14(7-10)18(20,21)22/h5-9,12H,2-4H2,1H3,(H,27,32)/t12-/m1/s1. The summed E-state index contributed by atoms with van der Waals surface area (Å²) in [6.07, 6.45) is -4.37. The van der Waals surface area contributed by atoms with Gasteiger partial charge in [0, 0.05) is 31.2 Å². The first-order valence-electron chi connectivity index (χ1n) is 9.47. The third-order valence-electron chi connectivity index (χ3n) is 5.08. The first-order valence-corrected chi connectivity index (χ1v) is 9.47. The maximum Gasteiger partial charge on any atom is 0.434 e. The Morgan fingerprint density at radius 3 is 2.50 bits per heavy atom. The zero-order valence-corrected chi connectivity index (χ0v) is 16.5. The topological polar surface area (TPSA) is 77.6 Å². The number of hydrogen-bond donors (Lipinski definition) is 1. The summed E-state index contributed by atoms with van der Waals surface area (Å²) in [5.74, 6) is -1.20. The average Bonchev–Trinajstić information content (AvgIpc) is 3.32. The minimum absolute atomic E-state index is 0.144. The van der Waals surface area contributed by atoms with Crippen LogP contribution in [0.1, 0.15) is 52.1 Å². The van der Waals surface area contributed by atoms with E-state index in [1.807, 2.05) is 0 Å². The molecule has 7 nitrogen and oxygen atoms in total. The molecule has 1 atom stereocenters. The highest BCUT2D eigenvalue weighted by atomic mass is 19.4. The van der Waals surface area contributed by atoms with Crippen LogP contribution < -0.4 is 5.32 Å². The quantitative estimate of drug-likeness (QED) is 0.605. The molecule has 0 aromatic carbocycles.